The fourth-order valence-electron chi connectivity index (χ4n) is 0.838. The Balaban J connectivity index is 4.11. The molecule has 0 aromatic rings. The summed E-state index contributed by atoms with van der Waals surface area (Å²) in [5, 5.41) is 18.2. The first-order valence-electron chi connectivity index (χ1n) is 4.13. The summed E-state index contributed by atoms with van der Waals surface area (Å²) in [5.74, 6) is 0. The number of likely N-dealkylation sites (N-methyl/N-ethyl adjacent to an activating group) is 1. The highest BCUT2D eigenvalue weighted by molar-refractivity contribution is 5.64. The molecule has 0 saturated carbocycles. The van der Waals surface area contributed by atoms with Gasteiger partial charge in [-0.2, -0.15) is 0 Å². The topological polar surface area (TPSA) is 60.8 Å². The van der Waals surface area contributed by atoms with Gasteiger partial charge in [-0.15, -0.1) is 0 Å². The second kappa shape index (κ2) is 4.30. The highest BCUT2D eigenvalue weighted by Crippen LogP contribution is 2.10. The molecule has 0 aliphatic carbocycles. The summed E-state index contributed by atoms with van der Waals surface area (Å²) >= 11 is 0. The van der Waals surface area contributed by atoms with Crippen molar-refractivity contribution < 1.29 is 15.0 Å². The molecular weight excluding hydrogens is 158 g/mol. The minimum absolute atomic E-state index is 0.176. The number of nitrogens with zero attached hydrogens (tertiary/aromatic N) is 1. The van der Waals surface area contributed by atoms with Crippen molar-refractivity contribution >= 4 is 6.09 Å². The van der Waals surface area contributed by atoms with E-state index >= 15 is 0 Å². The van der Waals surface area contributed by atoms with Gasteiger partial charge in [-0.05, 0) is 20.3 Å². The van der Waals surface area contributed by atoms with Crippen molar-refractivity contribution in [1.29, 1.82) is 0 Å². The fourth-order valence-corrected chi connectivity index (χ4v) is 0.838. The van der Waals surface area contributed by atoms with Gasteiger partial charge < -0.3 is 15.1 Å². The average Bonchev–Trinajstić information content (AvgIpc) is 2.00. The number of hydrogen-bond donors (Lipinski definition) is 2. The van der Waals surface area contributed by atoms with Gasteiger partial charge in [-0.25, -0.2) is 4.79 Å². The Hall–Kier alpha value is -0.770. The van der Waals surface area contributed by atoms with Crippen LogP contribution < -0.4 is 0 Å². The molecule has 0 saturated heterocycles. The van der Waals surface area contributed by atoms with Crippen LogP contribution in [0.1, 0.15) is 27.2 Å². The Labute approximate surface area is 72.8 Å². The molecule has 4 heteroatoms. The SMILES string of the molecule is CCN(CC(C)(O)CC)C(=O)O. The first kappa shape index (κ1) is 11.2. The van der Waals surface area contributed by atoms with Crippen LogP contribution in [-0.2, 0) is 0 Å². The zero-order valence-electron chi connectivity index (χ0n) is 7.87. The lowest BCUT2D eigenvalue weighted by atomic mass is 10.0. The van der Waals surface area contributed by atoms with Gasteiger partial charge in [0.1, 0.15) is 0 Å². The largest absolute Gasteiger partial charge is 0.465 e. The maximum atomic E-state index is 10.5. The molecule has 1 atom stereocenters. The monoisotopic (exact) mass is 175 g/mol. The van der Waals surface area contributed by atoms with Crippen LogP contribution in [0.3, 0.4) is 0 Å². The summed E-state index contributed by atoms with van der Waals surface area (Å²) < 4.78 is 0. The summed E-state index contributed by atoms with van der Waals surface area (Å²) in [7, 11) is 0. The third kappa shape index (κ3) is 3.57. The summed E-state index contributed by atoms with van der Waals surface area (Å²) in [4.78, 5) is 11.7. The Bertz CT molecular complexity index is 156. The van der Waals surface area contributed by atoms with Crippen molar-refractivity contribution in [2.45, 2.75) is 32.8 Å². The summed E-state index contributed by atoms with van der Waals surface area (Å²) in [6.07, 6.45) is -0.428. The lowest BCUT2D eigenvalue weighted by Gasteiger charge is -2.27. The average molecular weight is 175 g/mol. The first-order valence-corrected chi connectivity index (χ1v) is 4.13. The van der Waals surface area contributed by atoms with E-state index in [4.69, 9.17) is 5.11 Å². The van der Waals surface area contributed by atoms with Crippen LogP contribution in [0, 0.1) is 0 Å². The van der Waals surface area contributed by atoms with Gasteiger partial charge in [-0.3, -0.25) is 0 Å². The molecular formula is C8H17NO3. The lowest BCUT2D eigenvalue weighted by molar-refractivity contribution is 0.0200. The molecule has 0 aromatic heterocycles. The smallest absolute Gasteiger partial charge is 0.407 e. The zero-order chi connectivity index (χ0) is 9.78. The third-order valence-corrected chi connectivity index (χ3v) is 1.95. The number of hydrogen-bond acceptors (Lipinski definition) is 2. The molecule has 4 nitrogen and oxygen atoms in total. The van der Waals surface area contributed by atoms with Gasteiger partial charge in [0.15, 0.2) is 0 Å². The first-order chi connectivity index (χ1) is 5.43. The molecule has 1 amide bonds. The highest BCUT2D eigenvalue weighted by Gasteiger charge is 2.23. The van der Waals surface area contributed by atoms with Gasteiger partial charge in [0.25, 0.3) is 0 Å². The van der Waals surface area contributed by atoms with E-state index in [0.29, 0.717) is 13.0 Å². The second-order valence-electron chi connectivity index (χ2n) is 3.15. The minimum atomic E-state index is -0.980. The highest BCUT2D eigenvalue weighted by atomic mass is 16.4. The Morgan fingerprint density at radius 2 is 2.00 bits per heavy atom. The number of amides is 1. The van der Waals surface area contributed by atoms with E-state index in [1.54, 1.807) is 13.8 Å². The van der Waals surface area contributed by atoms with E-state index < -0.39 is 11.7 Å². The fraction of sp³-hybridized carbons (Fsp3) is 0.875. The van der Waals surface area contributed by atoms with Crippen molar-refractivity contribution in [2.24, 2.45) is 0 Å². The van der Waals surface area contributed by atoms with E-state index in [9.17, 15) is 9.90 Å². The molecule has 0 rings (SSSR count). The van der Waals surface area contributed by atoms with Crippen LogP contribution in [0.25, 0.3) is 0 Å². The predicted octanol–water partition coefficient (Wildman–Crippen LogP) is 1.15. The number of carbonyl (C=O) groups is 1. The molecule has 72 valence electrons. The van der Waals surface area contributed by atoms with E-state index in [0.717, 1.165) is 0 Å². The van der Waals surface area contributed by atoms with Crippen molar-refractivity contribution in [3.05, 3.63) is 0 Å². The van der Waals surface area contributed by atoms with Gasteiger partial charge in [0, 0.05) is 6.54 Å². The third-order valence-electron chi connectivity index (χ3n) is 1.95. The normalized spacial score (nSPS) is 15.3. The molecule has 2 N–H and O–H groups in total. The number of aliphatic hydroxyl groups is 1. The van der Waals surface area contributed by atoms with E-state index in [1.165, 1.54) is 4.90 Å². The van der Waals surface area contributed by atoms with E-state index in [2.05, 4.69) is 0 Å². The molecule has 0 heterocycles. The van der Waals surface area contributed by atoms with Crippen molar-refractivity contribution in [2.75, 3.05) is 13.1 Å². The predicted molar refractivity (Wildman–Crippen MR) is 46.2 cm³/mol. The van der Waals surface area contributed by atoms with Crippen LogP contribution in [0.4, 0.5) is 4.79 Å². The van der Waals surface area contributed by atoms with Gasteiger partial charge in [0.2, 0.25) is 0 Å². The quantitative estimate of drug-likeness (QED) is 0.673. The minimum Gasteiger partial charge on any atom is -0.465 e. The number of rotatable bonds is 4. The molecule has 0 fully saturated rings. The number of carboxylic acid groups (broad SMARTS) is 1. The van der Waals surface area contributed by atoms with Gasteiger partial charge in [-0.1, -0.05) is 6.92 Å². The molecule has 1 unspecified atom stereocenters. The van der Waals surface area contributed by atoms with E-state index in [1.807, 2.05) is 6.92 Å². The van der Waals surface area contributed by atoms with Crippen LogP contribution in [-0.4, -0.2) is 39.9 Å². The van der Waals surface area contributed by atoms with Crippen LogP contribution >= 0.6 is 0 Å². The second-order valence-corrected chi connectivity index (χ2v) is 3.15. The molecule has 12 heavy (non-hydrogen) atoms. The maximum Gasteiger partial charge on any atom is 0.407 e. The molecule has 0 radical (unpaired) electrons. The molecule has 0 aromatic carbocycles. The Kier molecular flexibility index (Phi) is 4.03. The molecule has 0 aliphatic rings. The van der Waals surface area contributed by atoms with Crippen molar-refractivity contribution in [3.63, 3.8) is 0 Å². The summed E-state index contributed by atoms with van der Waals surface area (Å²) in [5.41, 5.74) is -0.908. The van der Waals surface area contributed by atoms with Crippen molar-refractivity contribution in [1.82, 2.24) is 4.90 Å². The maximum absolute atomic E-state index is 10.5. The Morgan fingerprint density at radius 1 is 1.50 bits per heavy atom. The zero-order valence-corrected chi connectivity index (χ0v) is 7.87. The molecule has 0 spiro atoms. The standard InChI is InChI=1S/C8H17NO3/c1-4-8(3,12)6-9(5-2)7(10)11/h12H,4-6H2,1-3H3,(H,10,11). The van der Waals surface area contributed by atoms with Gasteiger partial charge >= 0.3 is 6.09 Å². The van der Waals surface area contributed by atoms with Gasteiger partial charge in [0.05, 0.1) is 12.1 Å². The van der Waals surface area contributed by atoms with Crippen LogP contribution in [0.15, 0.2) is 0 Å². The molecule has 0 aliphatic heterocycles. The van der Waals surface area contributed by atoms with E-state index in [-0.39, 0.29) is 6.54 Å². The summed E-state index contributed by atoms with van der Waals surface area (Å²) in [6.45, 7) is 5.80. The summed E-state index contributed by atoms with van der Waals surface area (Å²) in [6, 6.07) is 0. The van der Waals surface area contributed by atoms with Crippen molar-refractivity contribution in [3.8, 4) is 0 Å². The van der Waals surface area contributed by atoms with Crippen LogP contribution in [0.5, 0.6) is 0 Å². The Morgan fingerprint density at radius 3 is 2.25 bits per heavy atom. The lowest BCUT2D eigenvalue weighted by Crippen LogP contribution is -2.42. The van der Waals surface area contributed by atoms with Crippen LogP contribution in [0.2, 0.25) is 0 Å². The molecule has 0 bridgehead atoms.